The van der Waals surface area contributed by atoms with E-state index in [1.807, 2.05) is 0 Å². The molecule has 110 valence electrons. The number of benzene rings is 1. The summed E-state index contributed by atoms with van der Waals surface area (Å²) in [5.74, 6) is -2.06. The number of alkyl halides is 3. The van der Waals surface area contributed by atoms with Gasteiger partial charge in [0.25, 0.3) is 0 Å². The second-order valence-corrected chi connectivity index (χ2v) is 4.39. The van der Waals surface area contributed by atoms with E-state index in [9.17, 15) is 22.4 Å². The molecular weight excluding hydrogens is 286 g/mol. The van der Waals surface area contributed by atoms with Crippen LogP contribution < -0.4 is 0 Å². The SMILES string of the molecule is CCc1cccnc1C(=O)c1ccc(F)c(C(F)(F)F)c1. The third-order valence-corrected chi connectivity index (χ3v) is 3.02. The van der Waals surface area contributed by atoms with Gasteiger partial charge in [0, 0.05) is 11.8 Å². The molecule has 0 saturated heterocycles. The van der Waals surface area contributed by atoms with Crippen molar-refractivity contribution >= 4 is 5.78 Å². The van der Waals surface area contributed by atoms with Crippen LogP contribution in [0.3, 0.4) is 0 Å². The molecule has 0 saturated carbocycles. The molecule has 0 unspecified atom stereocenters. The van der Waals surface area contributed by atoms with Gasteiger partial charge in [-0.1, -0.05) is 13.0 Å². The van der Waals surface area contributed by atoms with E-state index >= 15 is 0 Å². The zero-order valence-electron chi connectivity index (χ0n) is 11.0. The van der Waals surface area contributed by atoms with Crippen molar-refractivity contribution in [3.63, 3.8) is 0 Å². The molecule has 0 N–H and O–H groups in total. The molecule has 21 heavy (non-hydrogen) atoms. The van der Waals surface area contributed by atoms with Crippen molar-refractivity contribution in [1.82, 2.24) is 4.98 Å². The summed E-state index contributed by atoms with van der Waals surface area (Å²) in [4.78, 5) is 16.2. The van der Waals surface area contributed by atoms with Crippen LogP contribution in [0.5, 0.6) is 0 Å². The lowest BCUT2D eigenvalue weighted by Crippen LogP contribution is -2.12. The molecule has 0 bridgehead atoms. The van der Waals surface area contributed by atoms with E-state index in [4.69, 9.17) is 0 Å². The number of hydrogen-bond donors (Lipinski definition) is 0. The van der Waals surface area contributed by atoms with Gasteiger partial charge in [-0.25, -0.2) is 4.39 Å². The van der Waals surface area contributed by atoms with E-state index in [1.54, 1.807) is 19.1 Å². The first-order valence-electron chi connectivity index (χ1n) is 6.20. The van der Waals surface area contributed by atoms with Crippen LogP contribution in [-0.4, -0.2) is 10.8 Å². The summed E-state index contributed by atoms with van der Waals surface area (Å²) in [6.45, 7) is 1.81. The third-order valence-electron chi connectivity index (χ3n) is 3.02. The first-order chi connectivity index (χ1) is 9.84. The normalized spacial score (nSPS) is 11.5. The lowest BCUT2D eigenvalue weighted by Gasteiger charge is -2.10. The number of carbonyl (C=O) groups excluding carboxylic acids is 1. The quantitative estimate of drug-likeness (QED) is 0.632. The average molecular weight is 297 g/mol. The fourth-order valence-corrected chi connectivity index (χ4v) is 1.95. The van der Waals surface area contributed by atoms with Gasteiger partial charge in [-0.2, -0.15) is 13.2 Å². The zero-order valence-corrected chi connectivity index (χ0v) is 11.0. The molecule has 1 heterocycles. The summed E-state index contributed by atoms with van der Waals surface area (Å²) in [5.41, 5.74) is -0.987. The molecular formula is C15H11F4NO. The van der Waals surface area contributed by atoms with Crippen molar-refractivity contribution in [2.45, 2.75) is 19.5 Å². The maximum Gasteiger partial charge on any atom is 0.419 e. The summed E-state index contributed by atoms with van der Waals surface area (Å²) >= 11 is 0. The molecule has 2 rings (SSSR count). The van der Waals surface area contributed by atoms with Crippen molar-refractivity contribution in [1.29, 1.82) is 0 Å². The Morgan fingerprint density at radius 1 is 1.24 bits per heavy atom. The molecule has 0 atom stereocenters. The average Bonchev–Trinajstić information content (AvgIpc) is 2.45. The van der Waals surface area contributed by atoms with Gasteiger partial charge in [0.05, 0.1) is 5.56 Å². The number of carbonyl (C=O) groups is 1. The summed E-state index contributed by atoms with van der Waals surface area (Å²) in [6, 6.07) is 5.51. The van der Waals surface area contributed by atoms with Crippen LogP contribution in [0.4, 0.5) is 17.6 Å². The first kappa shape index (κ1) is 15.2. The minimum absolute atomic E-state index is 0.0831. The number of nitrogens with zero attached hydrogens (tertiary/aromatic N) is 1. The van der Waals surface area contributed by atoms with Crippen LogP contribution in [0.2, 0.25) is 0 Å². The van der Waals surface area contributed by atoms with Gasteiger partial charge in [0.2, 0.25) is 5.78 Å². The lowest BCUT2D eigenvalue weighted by molar-refractivity contribution is -0.140. The van der Waals surface area contributed by atoms with Crippen LogP contribution in [-0.2, 0) is 12.6 Å². The standard InChI is InChI=1S/C15H11F4NO/c1-2-9-4-3-7-20-13(9)14(21)10-5-6-12(16)11(8-10)15(17,18)19/h3-8H,2H2,1H3. The van der Waals surface area contributed by atoms with E-state index in [-0.39, 0.29) is 11.3 Å². The van der Waals surface area contributed by atoms with Crippen LogP contribution in [0.25, 0.3) is 0 Å². The highest BCUT2D eigenvalue weighted by Crippen LogP contribution is 2.32. The van der Waals surface area contributed by atoms with E-state index < -0.39 is 23.3 Å². The van der Waals surface area contributed by atoms with Gasteiger partial charge in [-0.15, -0.1) is 0 Å². The van der Waals surface area contributed by atoms with Crippen LogP contribution in [0.1, 0.15) is 34.1 Å². The number of rotatable bonds is 3. The summed E-state index contributed by atoms with van der Waals surface area (Å²) in [6.07, 6.45) is -2.94. The van der Waals surface area contributed by atoms with E-state index in [2.05, 4.69) is 4.98 Å². The number of hydrogen-bond acceptors (Lipinski definition) is 2. The predicted molar refractivity (Wildman–Crippen MR) is 68.4 cm³/mol. The molecule has 1 aromatic heterocycles. The Labute approximate surface area is 118 Å². The van der Waals surface area contributed by atoms with Crippen LogP contribution in [0, 0.1) is 5.82 Å². The number of ketones is 1. The minimum atomic E-state index is -4.85. The topological polar surface area (TPSA) is 30.0 Å². The zero-order chi connectivity index (χ0) is 15.6. The van der Waals surface area contributed by atoms with Gasteiger partial charge < -0.3 is 0 Å². The highest BCUT2D eigenvalue weighted by atomic mass is 19.4. The number of aryl methyl sites for hydroxylation is 1. The highest BCUT2D eigenvalue weighted by Gasteiger charge is 2.34. The van der Waals surface area contributed by atoms with E-state index in [1.165, 1.54) is 6.20 Å². The Balaban J connectivity index is 2.50. The van der Waals surface area contributed by atoms with Crippen molar-refractivity contribution < 1.29 is 22.4 Å². The molecule has 0 spiro atoms. The molecule has 0 aliphatic heterocycles. The molecule has 0 aliphatic carbocycles. The number of aromatic nitrogens is 1. The molecule has 0 fully saturated rings. The number of pyridine rings is 1. The van der Waals surface area contributed by atoms with Gasteiger partial charge in [-0.3, -0.25) is 9.78 Å². The van der Waals surface area contributed by atoms with E-state index in [0.717, 1.165) is 6.07 Å². The van der Waals surface area contributed by atoms with Crippen molar-refractivity contribution in [2.24, 2.45) is 0 Å². The molecule has 0 amide bonds. The van der Waals surface area contributed by atoms with Gasteiger partial charge in [0.1, 0.15) is 11.5 Å². The molecule has 0 radical (unpaired) electrons. The fraction of sp³-hybridized carbons (Fsp3) is 0.200. The largest absolute Gasteiger partial charge is 0.419 e. The third kappa shape index (κ3) is 3.09. The summed E-state index contributed by atoms with van der Waals surface area (Å²) in [7, 11) is 0. The Hall–Kier alpha value is -2.24. The maximum absolute atomic E-state index is 13.2. The van der Waals surface area contributed by atoms with Crippen molar-refractivity contribution in [3.8, 4) is 0 Å². The summed E-state index contributed by atoms with van der Waals surface area (Å²) in [5, 5.41) is 0. The molecule has 0 aliphatic rings. The maximum atomic E-state index is 13.2. The molecule has 2 nitrogen and oxygen atoms in total. The predicted octanol–water partition coefficient (Wildman–Crippen LogP) is 4.03. The van der Waals surface area contributed by atoms with Gasteiger partial charge >= 0.3 is 6.18 Å². The van der Waals surface area contributed by atoms with Crippen molar-refractivity contribution in [3.05, 3.63) is 64.7 Å². The second-order valence-electron chi connectivity index (χ2n) is 4.39. The first-order valence-corrected chi connectivity index (χ1v) is 6.20. The molecule has 2 aromatic rings. The van der Waals surface area contributed by atoms with Gasteiger partial charge in [0.15, 0.2) is 0 Å². The minimum Gasteiger partial charge on any atom is -0.287 e. The number of halogens is 4. The Morgan fingerprint density at radius 2 is 1.95 bits per heavy atom. The molecule has 1 aromatic carbocycles. The van der Waals surface area contributed by atoms with Crippen LogP contribution in [0.15, 0.2) is 36.5 Å². The Bertz CT molecular complexity index is 680. The monoisotopic (exact) mass is 297 g/mol. The van der Waals surface area contributed by atoms with Gasteiger partial charge in [-0.05, 0) is 36.2 Å². The van der Waals surface area contributed by atoms with Crippen molar-refractivity contribution in [2.75, 3.05) is 0 Å². The Kier molecular flexibility index (Phi) is 4.06. The fourth-order valence-electron chi connectivity index (χ4n) is 1.95. The van der Waals surface area contributed by atoms with E-state index in [0.29, 0.717) is 24.1 Å². The lowest BCUT2D eigenvalue weighted by atomic mass is 10.0. The smallest absolute Gasteiger partial charge is 0.287 e. The highest BCUT2D eigenvalue weighted by molar-refractivity contribution is 6.08. The summed E-state index contributed by atoms with van der Waals surface area (Å²) < 4.78 is 51.2. The second kappa shape index (κ2) is 5.63. The Morgan fingerprint density at radius 3 is 2.57 bits per heavy atom. The molecule has 6 heteroatoms. The van der Waals surface area contributed by atoms with Crippen LogP contribution >= 0.6 is 0 Å².